The Morgan fingerprint density at radius 3 is 2.58 bits per heavy atom. The van der Waals surface area contributed by atoms with Gasteiger partial charge in [-0.15, -0.1) is 0 Å². The average molecular weight is 327 g/mol. The minimum absolute atomic E-state index is 0.00975. The minimum Gasteiger partial charge on any atom is -0.352 e. The molecule has 0 aromatic carbocycles. The minimum atomic E-state index is -0.00975. The first-order chi connectivity index (χ1) is 11.7. The third-order valence-corrected chi connectivity index (χ3v) is 4.95. The van der Waals surface area contributed by atoms with E-state index in [-0.39, 0.29) is 11.1 Å². The van der Waals surface area contributed by atoms with Gasteiger partial charge >= 0.3 is 0 Å². The van der Waals surface area contributed by atoms with E-state index in [1.54, 1.807) is 23.3 Å². The lowest BCUT2D eigenvalue weighted by Gasteiger charge is -2.32. The van der Waals surface area contributed by atoms with Crippen molar-refractivity contribution in [2.24, 2.45) is 5.92 Å². The molecule has 2 aliphatic rings. The largest absolute Gasteiger partial charge is 0.352 e. The van der Waals surface area contributed by atoms with E-state index in [0.29, 0.717) is 24.3 Å². The predicted molar refractivity (Wildman–Crippen MR) is 90.2 cm³/mol. The molecule has 0 bridgehead atoms. The van der Waals surface area contributed by atoms with Gasteiger partial charge in [-0.3, -0.25) is 14.2 Å². The van der Waals surface area contributed by atoms with E-state index in [1.807, 2.05) is 4.57 Å². The lowest BCUT2D eigenvalue weighted by molar-refractivity contribution is 0.349. The van der Waals surface area contributed by atoms with Gasteiger partial charge in [-0.25, -0.2) is 9.97 Å². The third-order valence-electron chi connectivity index (χ3n) is 4.95. The van der Waals surface area contributed by atoms with Gasteiger partial charge in [-0.1, -0.05) is 0 Å². The van der Waals surface area contributed by atoms with Crippen molar-refractivity contribution >= 4 is 5.82 Å². The van der Waals surface area contributed by atoms with E-state index in [9.17, 15) is 9.59 Å². The first-order valence-electron chi connectivity index (χ1n) is 8.55. The maximum absolute atomic E-state index is 12.6. The van der Waals surface area contributed by atoms with Gasteiger partial charge in [0.15, 0.2) is 5.82 Å². The Bertz CT molecular complexity index is 831. The van der Waals surface area contributed by atoms with Crippen LogP contribution in [0.15, 0.2) is 40.6 Å². The summed E-state index contributed by atoms with van der Waals surface area (Å²) in [5.41, 5.74) is 0.0198. The highest BCUT2D eigenvalue weighted by Crippen LogP contribution is 2.33. The fraction of sp³-hybridized carbons (Fsp3) is 0.529. The number of rotatable bonds is 4. The molecule has 2 fully saturated rings. The fourth-order valence-electron chi connectivity index (χ4n) is 3.39. The van der Waals surface area contributed by atoms with Gasteiger partial charge in [0.25, 0.3) is 11.1 Å². The Balaban J connectivity index is 1.43. The molecule has 3 heterocycles. The first kappa shape index (κ1) is 15.1. The summed E-state index contributed by atoms with van der Waals surface area (Å²) in [4.78, 5) is 34.8. The molecule has 7 nitrogen and oxygen atoms in total. The molecular weight excluding hydrogens is 306 g/mol. The predicted octanol–water partition coefficient (Wildman–Crippen LogP) is 1.05. The van der Waals surface area contributed by atoms with Crippen LogP contribution in [0.4, 0.5) is 5.82 Å². The van der Waals surface area contributed by atoms with Gasteiger partial charge < -0.3 is 9.47 Å². The molecule has 7 heteroatoms. The van der Waals surface area contributed by atoms with Crippen LogP contribution in [-0.4, -0.2) is 32.2 Å². The summed E-state index contributed by atoms with van der Waals surface area (Å²) in [6.07, 6.45) is 10.7. The molecule has 0 spiro atoms. The highest BCUT2D eigenvalue weighted by molar-refractivity contribution is 5.36. The lowest BCUT2D eigenvalue weighted by Crippen LogP contribution is -2.40. The van der Waals surface area contributed by atoms with Crippen LogP contribution in [0.5, 0.6) is 0 Å². The molecule has 1 aliphatic carbocycles. The number of hydrogen-bond donors (Lipinski definition) is 0. The molecule has 0 N–H and O–H groups in total. The summed E-state index contributed by atoms with van der Waals surface area (Å²) in [5.74, 6) is 0.999. The van der Waals surface area contributed by atoms with Crippen molar-refractivity contribution in [3.63, 3.8) is 0 Å². The molecule has 0 unspecified atom stereocenters. The lowest BCUT2D eigenvalue weighted by atomic mass is 9.97. The van der Waals surface area contributed by atoms with E-state index < -0.39 is 0 Å². The van der Waals surface area contributed by atoms with E-state index in [2.05, 4.69) is 14.9 Å². The van der Waals surface area contributed by atoms with Crippen LogP contribution in [0.1, 0.15) is 31.7 Å². The molecule has 4 rings (SSSR count). The number of piperidine rings is 1. The Hall–Kier alpha value is -2.44. The van der Waals surface area contributed by atoms with Crippen LogP contribution >= 0.6 is 0 Å². The Kier molecular flexibility index (Phi) is 3.92. The summed E-state index contributed by atoms with van der Waals surface area (Å²) in [6, 6.07) is 1.86. The fourth-order valence-corrected chi connectivity index (χ4v) is 3.39. The van der Waals surface area contributed by atoms with Crippen molar-refractivity contribution in [3.05, 3.63) is 51.7 Å². The van der Waals surface area contributed by atoms with Gasteiger partial charge in [0, 0.05) is 50.3 Å². The average Bonchev–Trinajstić information content (AvgIpc) is 3.43. The summed E-state index contributed by atoms with van der Waals surface area (Å²) >= 11 is 0. The quantitative estimate of drug-likeness (QED) is 0.839. The summed E-state index contributed by atoms with van der Waals surface area (Å²) in [7, 11) is 0. The molecule has 24 heavy (non-hydrogen) atoms. The third kappa shape index (κ3) is 2.98. The van der Waals surface area contributed by atoms with Gasteiger partial charge in [0.2, 0.25) is 0 Å². The molecule has 2 aromatic heterocycles. The second-order valence-corrected chi connectivity index (χ2v) is 6.70. The van der Waals surface area contributed by atoms with Crippen LogP contribution in [0, 0.1) is 5.92 Å². The zero-order valence-electron chi connectivity index (χ0n) is 13.5. The number of nitrogens with zero attached hydrogens (tertiary/aromatic N) is 5. The van der Waals surface area contributed by atoms with Crippen LogP contribution in [-0.2, 0) is 6.54 Å². The summed E-state index contributed by atoms with van der Waals surface area (Å²) < 4.78 is 3.49. The van der Waals surface area contributed by atoms with Crippen LogP contribution in [0.2, 0.25) is 0 Å². The Morgan fingerprint density at radius 2 is 1.88 bits per heavy atom. The highest BCUT2D eigenvalue weighted by atomic mass is 16.1. The van der Waals surface area contributed by atoms with Crippen molar-refractivity contribution in [2.75, 3.05) is 18.0 Å². The van der Waals surface area contributed by atoms with Gasteiger partial charge in [-0.05, 0) is 31.6 Å². The molecule has 1 saturated heterocycles. The van der Waals surface area contributed by atoms with Gasteiger partial charge in [0.05, 0.1) is 6.33 Å². The standard InChI is InChI=1S/C17H21N5O2/c23-15-3-6-18-12-21(15)11-13-4-8-20(9-5-13)16-17(24)22(10-7-19-16)14-1-2-14/h3,6-7,10,12-14H,1-2,4-5,8-9,11H2. The molecule has 1 saturated carbocycles. The van der Waals surface area contributed by atoms with Crippen LogP contribution in [0.25, 0.3) is 0 Å². The number of anilines is 1. The maximum atomic E-state index is 12.6. The SMILES string of the molecule is O=c1ccncn1CC1CCN(c2nccn(C3CC3)c2=O)CC1. The Labute approximate surface area is 139 Å². The first-order valence-corrected chi connectivity index (χ1v) is 8.55. The summed E-state index contributed by atoms with van der Waals surface area (Å²) in [5, 5.41) is 0. The van der Waals surface area contributed by atoms with Gasteiger partial charge in [-0.2, -0.15) is 0 Å². The normalized spacial score (nSPS) is 18.8. The highest BCUT2D eigenvalue weighted by Gasteiger charge is 2.28. The molecule has 126 valence electrons. The van der Waals surface area contributed by atoms with Gasteiger partial charge in [0.1, 0.15) is 0 Å². The molecule has 0 atom stereocenters. The summed E-state index contributed by atoms with van der Waals surface area (Å²) in [6.45, 7) is 2.29. The Morgan fingerprint density at radius 1 is 1.08 bits per heavy atom. The van der Waals surface area contributed by atoms with E-state index >= 15 is 0 Å². The van der Waals surface area contributed by atoms with Crippen molar-refractivity contribution in [1.82, 2.24) is 19.1 Å². The molecule has 0 amide bonds. The smallest absolute Gasteiger partial charge is 0.293 e. The van der Waals surface area contributed by atoms with Crippen molar-refractivity contribution in [3.8, 4) is 0 Å². The monoisotopic (exact) mass is 327 g/mol. The maximum Gasteiger partial charge on any atom is 0.293 e. The van der Waals surface area contributed by atoms with Crippen molar-refractivity contribution in [2.45, 2.75) is 38.3 Å². The molecule has 2 aromatic rings. The van der Waals surface area contributed by atoms with E-state index in [4.69, 9.17) is 0 Å². The van der Waals surface area contributed by atoms with Crippen molar-refractivity contribution in [1.29, 1.82) is 0 Å². The van der Waals surface area contributed by atoms with E-state index in [0.717, 1.165) is 38.8 Å². The second-order valence-electron chi connectivity index (χ2n) is 6.70. The molecule has 0 radical (unpaired) electrons. The van der Waals surface area contributed by atoms with Crippen LogP contribution < -0.4 is 16.0 Å². The topological polar surface area (TPSA) is 73.0 Å². The van der Waals surface area contributed by atoms with E-state index in [1.165, 1.54) is 12.3 Å². The number of hydrogen-bond acceptors (Lipinski definition) is 5. The molecule has 1 aliphatic heterocycles. The second kappa shape index (κ2) is 6.22. The van der Waals surface area contributed by atoms with Crippen LogP contribution in [0.3, 0.4) is 0 Å². The number of aromatic nitrogens is 4. The molecular formula is C17H21N5O2. The zero-order chi connectivity index (χ0) is 16.5. The zero-order valence-corrected chi connectivity index (χ0v) is 13.5. The van der Waals surface area contributed by atoms with Crippen molar-refractivity contribution < 1.29 is 0 Å².